The number of fused-ring (bicyclic) bond motifs is 2. The molecule has 9 nitrogen and oxygen atoms in total. The molecule has 4 aromatic rings. The number of aromatic nitrogens is 4. The van der Waals surface area contributed by atoms with Crippen molar-refractivity contribution in [3.05, 3.63) is 94.5 Å². The zero-order valence-corrected chi connectivity index (χ0v) is 25.6. The quantitative estimate of drug-likeness (QED) is 0.257. The summed E-state index contributed by atoms with van der Waals surface area (Å²) in [5, 5.41) is 22.6. The van der Waals surface area contributed by atoms with Crippen molar-refractivity contribution in [3.8, 4) is 11.4 Å². The second-order valence-electron chi connectivity index (χ2n) is 11.9. The SMILES string of the molecule is Cc1c(OCC(O)Cn2cccn2)ccc(C(C)N2C3CCC2CC(NC(=O)c2ccc(-n4cccn4)c(Cl)c2)C3)c1C. The topological polar surface area (TPSA) is 97.4 Å². The predicted molar refractivity (Wildman–Crippen MR) is 166 cm³/mol. The molecule has 43 heavy (non-hydrogen) atoms. The minimum absolute atomic E-state index is 0.0865. The van der Waals surface area contributed by atoms with E-state index >= 15 is 0 Å². The molecule has 2 aliphatic rings. The molecule has 2 bridgehead atoms. The lowest BCUT2D eigenvalue weighted by Crippen LogP contribution is -2.51. The molecule has 0 radical (unpaired) electrons. The van der Waals surface area contributed by atoms with E-state index in [1.165, 1.54) is 11.1 Å². The number of halogens is 1. The number of ether oxygens (including phenoxy) is 1. The summed E-state index contributed by atoms with van der Waals surface area (Å²) in [6.45, 7) is 7.14. The normalized spacial score (nSPS) is 21.5. The molecule has 2 aliphatic heterocycles. The highest BCUT2D eigenvalue weighted by Gasteiger charge is 2.43. The minimum Gasteiger partial charge on any atom is -0.491 e. The van der Waals surface area contributed by atoms with Gasteiger partial charge in [-0.25, -0.2) is 4.68 Å². The molecule has 4 unspecified atom stereocenters. The number of carbonyl (C=O) groups is 1. The standard InChI is InChI=1S/C33H39ClN6O3/c1-21-22(2)32(43-20-28(41)19-38-14-4-12-35-38)11-9-29(21)23(3)40-26-7-8-27(40)18-25(17-26)37-33(42)24-6-10-31(30(34)16-24)39-15-5-13-36-39/h4-6,9-16,23,25-28,41H,7-8,17-20H2,1-3H3,(H,37,42). The number of nitrogens with zero attached hydrogens (tertiary/aromatic N) is 5. The maximum atomic E-state index is 13.2. The Labute approximate surface area is 257 Å². The summed E-state index contributed by atoms with van der Waals surface area (Å²) >= 11 is 6.50. The average molecular weight is 603 g/mol. The van der Waals surface area contributed by atoms with Crippen molar-refractivity contribution in [1.82, 2.24) is 29.8 Å². The molecule has 4 heterocycles. The van der Waals surface area contributed by atoms with Crippen molar-refractivity contribution in [2.45, 2.75) is 83.3 Å². The van der Waals surface area contributed by atoms with Crippen molar-refractivity contribution in [3.63, 3.8) is 0 Å². The van der Waals surface area contributed by atoms with Gasteiger partial charge < -0.3 is 15.2 Å². The summed E-state index contributed by atoms with van der Waals surface area (Å²) < 4.78 is 9.42. The molecule has 4 atom stereocenters. The van der Waals surface area contributed by atoms with Gasteiger partial charge in [0, 0.05) is 54.5 Å². The summed E-state index contributed by atoms with van der Waals surface area (Å²) in [6.07, 6.45) is 10.5. The van der Waals surface area contributed by atoms with Gasteiger partial charge in [-0.1, -0.05) is 17.7 Å². The Balaban J connectivity index is 1.07. The zero-order valence-electron chi connectivity index (χ0n) is 24.9. The van der Waals surface area contributed by atoms with Crippen molar-refractivity contribution in [2.24, 2.45) is 0 Å². The van der Waals surface area contributed by atoms with Crippen molar-refractivity contribution in [2.75, 3.05) is 6.61 Å². The lowest BCUT2D eigenvalue weighted by Gasteiger charge is -2.43. The van der Waals surface area contributed by atoms with Crippen molar-refractivity contribution < 1.29 is 14.6 Å². The Morgan fingerprint density at radius 3 is 2.49 bits per heavy atom. The number of nitrogens with one attached hydrogen (secondary N) is 1. The van der Waals surface area contributed by atoms with Gasteiger partial charge in [-0.2, -0.15) is 10.2 Å². The maximum Gasteiger partial charge on any atom is 0.251 e. The fourth-order valence-corrected chi connectivity index (χ4v) is 7.19. The van der Waals surface area contributed by atoms with Gasteiger partial charge >= 0.3 is 0 Å². The van der Waals surface area contributed by atoms with Crippen LogP contribution in [0.15, 0.2) is 67.3 Å². The summed E-state index contributed by atoms with van der Waals surface area (Å²) in [7, 11) is 0. The van der Waals surface area contributed by atoms with Gasteiger partial charge in [0.2, 0.25) is 0 Å². The zero-order chi connectivity index (χ0) is 30.1. The number of aliphatic hydroxyl groups excluding tert-OH is 1. The van der Waals surface area contributed by atoms with E-state index in [9.17, 15) is 9.90 Å². The Hall–Kier alpha value is -3.66. The summed E-state index contributed by atoms with van der Waals surface area (Å²) in [4.78, 5) is 15.8. The molecule has 2 N–H and O–H groups in total. The highest BCUT2D eigenvalue weighted by molar-refractivity contribution is 6.32. The van der Waals surface area contributed by atoms with E-state index < -0.39 is 6.10 Å². The van der Waals surface area contributed by atoms with Gasteiger partial charge in [0.05, 0.1) is 17.3 Å². The molecule has 0 spiro atoms. The number of amides is 1. The number of hydrogen-bond acceptors (Lipinski definition) is 6. The Kier molecular flexibility index (Phi) is 8.56. The lowest BCUT2D eigenvalue weighted by molar-refractivity contribution is 0.0688. The third-order valence-corrected chi connectivity index (χ3v) is 9.45. The smallest absolute Gasteiger partial charge is 0.251 e. The molecule has 0 saturated carbocycles. The van der Waals surface area contributed by atoms with Crippen LogP contribution in [0.3, 0.4) is 0 Å². The molecule has 2 aromatic heterocycles. The Morgan fingerprint density at radius 1 is 1.07 bits per heavy atom. The highest BCUT2D eigenvalue weighted by atomic mass is 35.5. The molecule has 2 fully saturated rings. The first-order valence-electron chi connectivity index (χ1n) is 15.0. The summed E-state index contributed by atoms with van der Waals surface area (Å²) in [6, 6.07) is 14.5. The van der Waals surface area contributed by atoms with Crippen LogP contribution < -0.4 is 10.1 Å². The average Bonchev–Trinajstić information content (AvgIpc) is 3.75. The van der Waals surface area contributed by atoms with E-state index in [0.29, 0.717) is 29.2 Å². The van der Waals surface area contributed by atoms with E-state index in [1.54, 1.807) is 27.8 Å². The van der Waals surface area contributed by atoms with E-state index in [0.717, 1.165) is 42.7 Å². The molecule has 10 heteroatoms. The van der Waals surface area contributed by atoms with Crippen LogP contribution in [0.4, 0.5) is 0 Å². The Morgan fingerprint density at radius 2 is 1.81 bits per heavy atom. The summed E-state index contributed by atoms with van der Waals surface area (Å²) in [5.41, 5.74) is 4.93. The van der Waals surface area contributed by atoms with Gasteiger partial charge in [-0.05, 0) is 99.5 Å². The first kappa shape index (κ1) is 29.4. The molecule has 226 valence electrons. The van der Waals surface area contributed by atoms with Crippen LogP contribution in [0.25, 0.3) is 5.69 Å². The second kappa shape index (κ2) is 12.5. The minimum atomic E-state index is -0.644. The van der Waals surface area contributed by atoms with Crippen LogP contribution in [-0.4, -0.2) is 66.3 Å². The fourth-order valence-electron chi connectivity index (χ4n) is 6.93. The van der Waals surface area contributed by atoms with Crippen molar-refractivity contribution in [1.29, 1.82) is 0 Å². The van der Waals surface area contributed by atoms with Crippen LogP contribution >= 0.6 is 11.6 Å². The van der Waals surface area contributed by atoms with Gasteiger partial charge in [0.15, 0.2) is 0 Å². The van der Waals surface area contributed by atoms with Gasteiger partial charge in [0.25, 0.3) is 5.91 Å². The van der Waals surface area contributed by atoms with Gasteiger partial charge in [-0.3, -0.25) is 14.4 Å². The molecule has 2 saturated heterocycles. The van der Waals surface area contributed by atoms with Gasteiger partial charge in [-0.15, -0.1) is 0 Å². The first-order valence-corrected chi connectivity index (χ1v) is 15.4. The van der Waals surface area contributed by atoms with E-state index in [2.05, 4.69) is 47.3 Å². The molecular weight excluding hydrogens is 564 g/mol. The number of piperidine rings is 1. The molecular formula is C33H39ClN6O3. The van der Waals surface area contributed by atoms with Gasteiger partial charge in [0.1, 0.15) is 18.5 Å². The van der Waals surface area contributed by atoms with Crippen LogP contribution in [-0.2, 0) is 6.54 Å². The Bertz CT molecular complexity index is 1540. The molecule has 2 aromatic carbocycles. The number of carbonyl (C=O) groups excluding carboxylic acids is 1. The first-order chi connectivity index (χ1) is 20.8. The molecule has 6 rings (SSSR count). The van der Waals surface area contributed by atoms with Crippen molar-refractivity contribution >= 4 is 17.5 Å². The third kappa shape index (κ3) is 6.20. The highest BCUT2D eigenvalue weighted by Crippen LogP contribution is 2.43. The fraction of sp³-hybridized carbons (Fsp3) is 0.424. The molecule has 1 amide bonds. The van der Waals surface area contributed by atoms with Crippen LogP contribution in [0.2, 0.25) is 5.02 Å². The number of rotatable bonds is 10. The lowest BCUT2D eigenvalue weighted by atomic mass is 9.91. The summed E-state index contributed by atoms with van der Waals surface area (Å²) in [5.74, 6) is 0.715. The van der Waals surface area contributed by atoms with E-state index in [1.807, 2.05) is 42.7 Å². The van der Waals surface area contributed by atoms with Crippen LogP contribution in [0.1, 0.15) is 65.7 Å². The number of hydrogen-bond donors (Lipinski definition) is 2. The van der Waals surface area contributed by atoms with E-state index in [4.69, 9.17) is 16.3 Å². The van der Waals surface area contributed by atoms with Crippen LogP contribution in [0, 0.1) is 13.8 Å². The predicted octanol–water partition coefficient (Wildman–Crippen LogP) is 5.27. The maximum absolute atomic E-state index is 13.2. The van der Waals surface area contributed by atoms with Crippen LogP contribution in [0.5, 0.6) is 5.75 Å². The molecule has 0 aliphatic carbocycles. The van der Waals surface area contributed by atoms with E-state index in [-0.39, 0.29) is 24.6 Å². The number of benzene rings is 2. The largest absolute Gasteiger partial charge is 0.491 e. The second-order valence-corrected chi connectivity index (χ2v) is 12.3. The monoisotopic (exact) mass is 602 g/mol. The number of aliphatic hydroxyl groups is 1. The third-order valence-electron chi connectivity index (χ3n) is 9.15.